The van der Waals surface area contributed by atoms with Crippen LogP contribution in [0.5, 0.6) is 5.75 Å². The number of hydrogen-bond donors (Lipinski definition) is 4. The van der Waals surface area contributed by atoms with Crippen molar-refractivity contribution >= 4 is 41.3 Å². The number of nitrogens with one attached hydrogen (secondary N) is 2. The van der Waals surface area contributed by atoms with Gasteiger partial charge in [-0.2, -0.15) is 0 Å². The van der Waals surface area contributed by atoms with Gasteiger partial charge in [-0.15, -0.1) is 12.4 Å². The summed E-state index contributed by atoms with van der Waals surface area (Å²) >= 11 is 0. The van der Waals surface area contributed by atoms with Crippen molar-refractivity contribution in [2.75, 3.05) is 18.2 Å². The highest BCUT2D eigenvalue weighted by Gasteiger charge is 2.21. The first-order chi connectivity index (χ1) is 14.3. The molecule has 0 aliphatic carbocycles. The summed E-state index contributed by atoms with van der Waals surface area (Å²) in [5.74, 6) is -1.71. The number of carbonyl (C=O) groups excluding carboxylic acids is 2. The molecule has 1 amide bonds. The van der Waals surface area contributed by atoms with Gasteiger partial charge in [-0.3, -0.25) is 15.0 Å². The van der Waals surface area contributed by atoms with Gasteiger partial charge in [0.05, 0.1) is 24.0 Å². The molecule has 9 heteroatoms. The summed E-state index contributed by atoms with van der Waals surface area (Å²) in [5.41, 5.74) is 11.9. The molecule has 3 rings (SSSR count). The van der Waals surface area contributed by atoms with Crippen LogP contribution in [0.3, 0.4) is 0 Å². The lowest BCUT2D eigenvalue weighted by molar-refractivity contribution is 0.102. The molecule has 160 valence electrons. The van der Waals surface area contributed by atoms with Gasteiger partial charge < -0.3 is 21.5 Å². The molecule has 0 aromatic heterocycles. The molecule has 0 saturated carbocycles. The van der Waals surface area contributed by atoms with Crippen LogP contribution >= 0.6 is 12.4 Å². The van der Waals surface area contributed by atoms with E-state index < -0.39 is 17.5 Å². The monoisotopic (exact) mass is 442 g/mol. The Bertz CT molecular complexity index is 1150. The maximum absolute atomic E-state index is 14.5. The van der Waals surface area contributed by atoms with Gasteiger partial charge >= 0.3 is 0 Å². The average molecular weight is 443 g/mol. The molecule has 0 bridgehead atoms. The van der Waals surface area contributed by atoms with E-state index in [1.807, 2.05) is 0 Å². The second kappa shape index (κ2) is 9.73. The van der Waals surface area contributed by atoms with E-state index in [4.69, 9.17) is 21.6 Å². The summed E-state index contributed by atoms with van der Waals surface area (Å²) in [7, 11) is 1.51. The zero-order chi connectivity index (χ0) is 21.8. The van der Waals surface area contributed by atoms with E-state index in [2.05, 4.69) is 5.32 Å². The van der Waals surface area contributed by atoms with Crippen molar-refractivity contribution in [3.05, 3.63) is 88.7 Å². The minimum atomic E-state index is -0.831. The molecule has 3 aromatic rings. The van der Waals surface area contributed by atoms with E-state index in [1.54, 1.807) is 24.3 Å². The lowest BCUT2D eigenvalue weighted by atomic mass is 9.98. The largest absolute Gasteiger partial charge is 0.497 e. The summed E-state index contributed by atoms with van der Waals surface area (Å²) in [6, 6.07) is 14.5. The molecular formula is C22H20ClFN4O3. The summed E-state index contributed by atoms with van der Waals surface area (Å²) in [6.45, 7) is 0. The lowest BCUT2D eigenvalue weighted by Crippen LogP contribution is -2.17. The molecule has 6 N–H and O–H groups in total. The quantitative estimate of drug-likeness (QED) is 0.200. The Morgan fingerprint density at radius 2 is 1.65 bits per heavy atom. The fraction of sp³-hybridized carbons (Fsp3) is 0.0455. The number of benzene rings is 3. The zero-order valence-electron chi connectivity index (χ0n) is 16.4. The number of nitrogens with two attached hydrogens (primary N) is 2. The maximum atomic E-state index is 14.5. The Kier molecular flexibility index (Phi) is 7.33. The smallest absolute Gasteiger partial charge is 0.255 e. The Morgan fingerprint density at radius 1 is 1.00 bits per heavy atom. The third kappa shape index (κ3) is 4.99. The Labute approximate surface area is 184 Å². The van der Waals surface area contributed by atoms with Gasteiger partial charge in [0, 0.05) is 16.7 Å². The van der Waals surface area contributed by atoms with Crippen LogP contribution in [-0.4, -0.2) is 24.6 Å². The van der Waals surface area contributed by atoms with Crippen molar-refractivity contribution in [2.24, 2.45) is 5.73 Å². The van der Waals surface area contributed by atoms with Crippen LogP contribution in [0.1, 0.15) is 31.8 Å². The molecule has 0 heterocycles. The lowest BCUT2D eigenvalue weighted by Gasteiger charge is -2.14. The van der Waals surface area contributed by atoms with Crippen LogP contribution in [0.15, 0.2) is 60.7 Å². The van der Waals surface area contributed by atoms with Crippen LogP contribution in [0.4, 0.5) is 15.8 Å². The van der Waals surface area contributed by atoms with Crippen molar-refractivity contribution in [3.63, 3.8) is 0 Å². The van der Waals surface area contributed by atoms with Gasteiger partial charge in [-0.25, -0.2) is 4.39 Å². The molecule has 0 unspecified atom stereocenters. The fourth-order valence-electron chi connectivity index (χ4n) is 2.84. The van der Waals surface area contributed by atoms with Crippen LogP contribution in [0, 0.1) is 11.2 Å². The van der Waals surface area contributed by atoms with Crippen molar-refractivity contribution in [3.8, 4) is 5.75 Å². The Hall–Kier alpha value is -3.91. The normalized spacial score (nSPS) is 10.0. The van der Waals surface area contributed by atoms with Gasteiger partial charge in [0.25, 0.3) is 5.91 Å². The predicted molar refractivity (Wildman–Crippen MR) is 120 cm³/mol. The van der Waals surface area contributed by atoms with Crippen LogP contribution in [-0.2, 0) is 0 Å². The second-order valence-corrected chi connectivity index (χ2v) is 6.39. The van der Waals surface area contributed by atoms with Crippen molar-refractivity contribution in [1.82, 2.24) is 0 Å². The van der Waals surface area contributed by atoms with Crippen molar-refractivity contribution in [2.45, 2.75) is 0 Å². The standard InChI is InChI=1S/C22H19FN4O3.ClH/c1-30-14-8-5-12(6-9-14)22(29)27-19-16(3-2-4-18(19)24)20(28)15-10-7-13(21(25)26)11-17(15)23;/h2-11H,24H2,1H3,(H3,25,26)(H,27,29);1H. The highest BCUT2D eigenvalue weighted by molar-refractivity contribution is 6.17. The number of halogens is 2. The number of rotatable bonds is 6. The van der Waals surface area contributed by atoms with E-state index >= 15 is 0 Å². The van der Waals surface area contributed by atoms with E-state index in [1.165, 1.54) is 37.4 Å². The number of ether oxygens (including phenoxy) is 1. The molecule has 31 heavy (non-hydrogen) atoms. The van der Waals surface area contributed by atoms with Crippen molar-refractivity contribution in [1.29, 1.82) is 5.41 Å². The fourth-order valence-corrected chi connectivity index (χ4v) is 2.84. The molecule has 0 fully saturated rings. The number of nitrogen functional groups attached to an aromatic ring is 2. The Morgan fingerprint density at radius 3 is 2.23 bits per heavy atom. The topological polar surface area (TPSA) is 131 Å². The first-order valence-corrected chi connectivity index (χ1v) is 8.84. The summed E-state index contributed by atoms with van der Waals surface area (Å²) in [4.78, 5) is 25.6. The Balaban J connectivity index is 0.00000341. The van der Waals surface area contributed by atoms with Gasteiger partial charge in [-0.1, -0.05) is 12.1 Å². The summed E-state index contributed by atoms with van der Waals surface area (Å²) in [6.07, 6.45) is 0. The van der Waals surface area contributed by atoms with Crippen LogP contribution in [0.2, 0.25) is 0 Å². The predicted octanol–water partition coefficient (Wildman–Crippen LogP) is 3.61. The second-order valence-electron chi connectivity index (χ2n) is 6.39. The first-order valence-electron chi connectivity index (χ1n) is 8.84. The number of amides is 1. The summed E-state index contributed by atoms with van der Waals surface area (Å²) < 4.78 is 19.5. The maximum Gasteiger partial charge on any atom is 0.255 e. The van der Waals surface area contributed by atoms with E-state index in [9.17, 15) is 14.0 Å². The van der Waals surface area contributed by atoms with Crippen molar-refractivity contribution < 1.29 is 18.7 Å². The molecule has 0 saturated heterocycles. The number of anilines is 2. The average Bonchev–Trinajstić information content (AvgIpc) is 2.74. The van der Waals surface area contributed by atoms with Gasteiger partial charge in [-0.05, 0) is 48.5 Å². The first kappa shape index (κ1) is 23.4. The minimum Gasteiger partial charge on any atom is -0.497 e. The van der Waals surface area contributed by atoms with Gasteiger partial charge in [0.2, 0.25) is 0 Å². The number of carbonyl (C=O) groups is 2. The minimum absolute atomic E-state index is 0. The molecule has 0 aliphatic rings. The molecule has 7 nitrogen and oxygen atoms in total. The molecule has 3 aromatic carbocycles. The molecular weight excluding hydrogens is 423 g/mol. The number of para-hydroxylation sites is 1. The van der Waals surface area contributed by atoms with Gasteiger partial charge in [0.1, 0.15) is 17.4 Å². The van der Waals surface area contributed by atoms with Crippen LogP contribution in [0.25, 0.3) is 0 Å². The van der Waals surface area contributed by atoms with E-state index in [-0.39, 0.29) is 46.3 Å². The highest BCUT2D eigenvalue weighted by atomic mass is 35.5. The number of ketones is 1. The molecule has 0 aliphatic heterocycles. The molecule has 0 radical (unpaired) electrons. The van der Waals surface area contributed by atoms with E-state index in [0.29, 0.717) is 11.3 Å². The van der Waals surface area contributed by atoms with Gasteiger partial charge in [0.15, 0.2) is 5.78 Å². The summed E-state index contributed by atoms with van der Waals surface area (Å²) in [5, 5.41) is 10.0. The molecule has 0 spiro atoms. The third-order valence-corrected chi connectivity index (χ3v) is 4.46. The highest BCUT2D eigenvalue weighted by Crippen LogP contribution is 2.28. The SMILES string of the molecule is COc1ccc(C(=O)Nc2c(N)cccc2C(=O)c2ccc(C(=N)N)cc2F)cc1.Cl. The number of amidine groups is 1. The molecule has 0 atom stereocenters. The van der Waals surface area contributed by atoms with E-state index in [0.717, 1.165) is 6.07 Å². The number of hydrogen-bond acceptors (Lipinski definition) is 5. The van der Waals surface area contributed by atoms with Crippen LogP contribution < -0.4 is 21.5 Å². The third-order valence-electron chi connectivity index (χ3n) is 4.46. The zero-order valence-corrected chi connectivity index (χ0v) is 17.3. The number of methoxy groups -OCH3 is 1.